The molecule has 0 radical (unpaired) electrons. The van der Waals surface area contributed by atoms with Crippen LogP contribution in [0.25, 0.3) is 0 Å². The lowest BCUT2D eigenvalue weighted by molar-refractivity contribution is -0.132. The molecule has 0 aromatic heterocycles. The molecule has 5 nitrogen and oxygen atoms in total. The second kappa shape index (κ2) is 8.53. The molecule has 0 spiro atoms. The van der Waals surface area contributed by atoms with E-state index in [4.69, 9.17) is 0 Å². The minimum atomic E-state index is -0.117. The smallest absolute Gasteiger partial charge is 0.259 e. The van der Waals surface area contributed by atoms with E-state index in [9.17, 15) is 14.7 Å². The monoisotopic (exact) mass is 430 g/mol. The van der Waals surface area contributed by atoms with Crippen LogP contribution in [0.4, 0.5) is 0 Å². The van der Waals surface area contributed by atoms with Crippen LogP contribution in [0.5, 0.6) is 0 Å². The molecule has 0 bridgehead atoms. The lowest BCUT2D eigenvalue weighted by Gasteiger charge is -2.61. The number of nitrogens with zero attached hydrogens (tertiary/aromatic N) is 2. The van der Waals surface area contributed by atoms with Crippen LogP contribution < -0.4 is 0 Å². The van der Waals surface area contributed by atoms with Crippen LogP contribution in [0.15, 0.2) is 11.3 Å². The summed E-state index contributed by atoms with van der Waals surface area (Å²) >= 11 is 0. The number of hydrogen-bond donors (Lipinski definition) is 1. The van der Waals surface area contributed by atoms with E-state index in [1.807, 2.05) is 13.8 Å². The fraction of sp³-hybridized carbons (Fsp3) is 0.846. The number of piperidine rings is 1. The van der Waals surface area contributed by atoms with E-state index in [-0.39, 0.29) is 23.7 Å². The van der Waals surface area contributed by atoms with Crippen LogP contribution in [0.1, 0.15) is 79.1 Å². The van der Waals surface area contributed by atoms with E-state index in [0.717, 1.165) is 31.1 Å². The Morgan fingerprint density at radius 1 is 1.13 bits per heavy atom. The van der Waals surface area contributed by atoms with Gasteiger partial charge in [-0.2, -0.15) is 0 Å². The highest BCUT2D eigenvalue weighted by Gasteiger charge is 2.59. The fourth-order valence-electron chi connectivity index (χ4n) is 7.94. The number of hydrogen-bond acceptors (Lipinski definition) is 4. The number of carbonyl (C=O) groups excluding carboxylic acids is 2. The summed E-state index contributed by atoms with van der Waals surface area (Å²) in [5.74, 6) is 1.88. The van der Waals surface area contributed by atoms with Crippen molar-refractivity contribution in [3.63, 3.8) is 0 Å². The Morgan fingerprint density at radius 3 is 2.55 bits per heavy atom. The van der Waals surface area contributed by atoms with Gasteiger partial charge < -0.3 is 14.9 Å². The molecule has 1 saturated heterocycles. The van der Waals surface area contributed by atoms with Gasteiger partial charge in [-0.1, -0.05) is 20.3 Å². The highest BCUT2D eigenvalue weighted by Crippen LogP contribution is 2.64. The minimum absolute atomic E-state index is 0.0262. The molecule has 1 amide bonds. The second-order valence-electron chi connectivity index (χ2n) is 11.0. The average Bonchev–Trinajstić information content (AvgIpc) is 3.15. The van der Waals surface area contributed by atoms with Crippen LogP contribution in [0.2, 0.25) is 0 Å². The van der Waals surface area contributed by atoms with Crippen molar-refractivity contribution in [2.75, 3.05) is 32.8 Å². The van der Waals surface area contributed by atoms with Gasteiger partial charge in [0, 0.05) is 50.3 Å². The molecular formula is C26H42N2O3. The molecule has 0 aromatic rings. The number of allylic oxidation sites excluding steroid dienone is 1. The van der Waals surface area contributed by atoms with Crippen molar-refractivity contribution < 1.29 is 14.7 Å². The Morgan fingerprint density at radius 2 is 1.87 bits per heavy atom. The summed E-state index contributed by atoms with van der Waals surface area (Å²) in [6.45, 7) is 11.9. The van der Waals surface area contributed by atoms with Gasteiger partial charge in [0.25, 0.3) is 5.91 Å². The first-order valence-corrected chi connectivity index (χ1v) is 12.7. The first-order chi connectivity index (χ1) is 14.8. The number of aliphatic hydroxyl groups excluding tert-OH is 1. The summed E-state index contributed by atoms with van der Waals surface area (Å²) in [5, 5.41) is 9.59. The molecule has 4 rings (SSSR count). The van der Waals surface area contributed by atoms with Gasteiger partial charge in [-0.05, 0) is 75.5 Å². The van der Waals surface area contributed by atoms with Gasteiger partial charge in [0.05, 0.1) is 0 Å². The zero-order valence-corrected chi connectivity index (χ0v) is 20.1. The molecule has 1 heterocycles. The summed E-state index contributed by atoms with van der Waals surface area (Å²) in [7, 11) is 0. The van der Waals surface area contributed by atoms with Gasteiger partial charge >= 0.3 is 0 Å². The summed E-state index contributed by atoms with van der Waals surface area (Å²) in [6.07, 6.45) is 8.53. The number of Topliss-reactive ketones (excluding diaryl/α,β-unsaturated/α-hetero) is 1. The normalized spacial score (nSPS) is 37.4. The number of ketones is 1. The van der Waals surface area contributed by atoms with Crippen LogP contribution >= 0.6 is 0 Å². The third kappa shape index (κ3) is 3.55. The Hall–Kier alpha value is -1.36. The van der Waals surface area contributed by atoms with E-state index < -0.39 is 0 Å². The molecule has 0 aromatic carbocycles. The molecular weight excluding hydrogens is 388 g/mol. The maximum atomic E-state index is 13.6. The zero-order valence-electron chi connectivity index (χ0n) is 20.1. The van der Waals surface area contributed by atoms with Crippen molar-refractivity contribution in [3.05, 3.63) is 11.3 Å². The summed E-state index contributed by atoms with van der Waals surface area (Å²) in [5.41, 5.74) is 1.84. The van der Waals surface area contributed by atoms with E-state index in [0.29, 0.717) is 48.8 Å². The van der Waals surface area contributed by atoms with Crippen molar-refractivity contribution in [1.29, 1.82) is 0 Å². The van der Waals surface area contributed by atoms with Gasteiger partial charge in [0.15, 0.2) is 5.78 Å². The molecule has 0 unspecified atom stereocenters. The highest BCUT2D eigenvalue weighted by atomic mass is 16.3. The van der Waals surface area contributed by atoms with Crippen molar-refractivity contribution in [2.45, 2.75) is 79.1 Å². The standard InChI is InChI=1S/C26H42N2O3/c1-5-27(6-2)24(31)22-21(30)11-14-26(4)20-10-13-25(3)12-7-9-19(25)18(20)17-28(23(22)26)15-8-16-29/h18-20,29H,5-17H2,1-4H3/t18-,19-,20+,25-,26+/m0/s1. The van der Waals surface area contributed by atoms with Gasteiger partial charge in [-0.15, -0.1) is 0 Å². The van der Waals surface area contributed by atoms with E-state index in [2.05, 4.69) is 18.7 Å². The maximum Gasteiger partial charge on any atom is 0.259 e. The lowest BCUT2D eigenvalue weighted by atomic mass is 9.50. The predicted molar refractivity (Wildman–Crippen MR) is 122 cm³/mol. The van der Waals surface area contributed by atoms with Gasteiger partial charge in [0.1, 0.15) is 5.57 Å². The topological polar surface area (TPSA) is 60.9 Å². The quantitative estimate of drug-likeness (QED) is 0.647. The van der Waals surface area contributed by atoms with Crippen molar-refractivity contribution >= 4 is 11.7 Å². The van der Waals surface area contributed by atoms with Gasteiger partial charge in [0.2, 0.25) is 0 Å². The summed E-state index contributed by atoms with van der Waals surface area (Å²) in [6, 6.07) is 0. The Labute approximate surface area is 188 Å². The van der Waals surface area contributed by atoms with Crippen molar-refractivity contribution in [1.82, 2.24) is 9.80 Å². The van der Waals surface area contributed by atoms with E-state index in [1.165, 1.54) is 32.1 Å². The molecule has 4 aliphatic rings. The molecule has 2 saturated carbocycles. The first kappa shape index (κ1) is 22.8. The average molecular weight is 431 g/mol. The maximum absolute atomic E-state index is 13.6. The van der Waals surface area contributed by atoms with Crippen molar-refractivity contribution in [3.8, 4) is 0 Å². The lowest BCUT2D eigenvalue weighted by Crippen LogP contribution is -2.58. The Balaban J connectivity index is 1.81. The fourth-order valence-corrected chi connectivity index (χ4v) is 7.94. The number of aliphatic hydroxyl groups is 1. The molecule has 1 N–H and O–H groups in total. The van der Waals surface area contributed by atoms with Crippen LogP contribution in [0.3, 0.4) is 0 Å². The predicted octanol–water partition coefficient (Wildman–Crippen LogP) is 4.01. The summed E-state index contributed by atoms with van der Waals surface area (Å²) < 4.78 is 0. The van der Waals surface area contributed by atoms with Crippen LogP contribution in [-0.4, -0.2) is 59.4 Å². The zero-order chi connectivity index (χ0) is 22.4. The van der Waals surface area contributed by atoms with E-state index >= 15 is 0 Å². The number of rotatable bonds is 6. The number of fused-ring (bicyclic) bond motifs is 5. The van der Waals surface area contributed by atoms with Crippen LogP contribution in [-0.2, 0) is 9.59 Å². The highest BCUT2D eigenvalue weighted by molar-refractivity contribution is 6.20. The molecule has 5 heteroatoms. The first-order valence-electron chi connectivity index (χ1n) is 12.7. The minimum Gasteiger partial charge on any atom is -0.396 e. The number of amides is 1. The second-order valence-corrected chi connectivity index (χ2v) is 11.0. The Bertz CT molecular complexity index is 758. The third-order valence-corrected chi connectivity index (χ3v) is 9.56. The van der Waals surface area contributed by atoms with Gasteiger partial charge in [-0.25, -0.2) is 0 Å². The number of likely N-dealkylation sites (N-methyl/N-ethyl adjacent to an activating group) is 1. The third-order valence-electron chi connectivity index (χ3n) is 9.56. The number of carbonyl (C=O) groups is 2. The molecule has 3 aliphatic carbocycles. The largest absolute Gasteiger partial charge is 0.396 e. The molecule has 1 aliphatic heterocycles. The SMILES string of the molecule is CCN(CC)C(=O)C1=C2N(CCCO)C[C@@H]3[C@@H](CC[C@]4(C)CCC[C@@H]34)[C@@]2(C)CCC1=O. The number of likely N-dealkylation sites (tertiary alicyclic amines) is 1. The van der Waals surface area contributed by atoms with E-state index in [1.54, 1.807) is 4.90 Å². The molecule has 3 fully saturated rings. The molecule has 174 valence electrons. The van der Waals surface area contributed by atoms with Gasteiger partial charge in [-0.3, -0.25) is 9.59 Å². The molecule has 31 heavy (non-hydrogen) atoms. The van der Waals surface area contributed by atoms with Crippen molar-refractivity contribution in [2.24, 2.45) is 28.6 Å². The summed E-state index contributed by atoms with van der Waals surface area (Å²) in [4.78, 5) is 30.9. The Kier molecular flexibility index (Phi) is 6.28. The van der Waals surface area contributed by atoms with Crippen LogP contribution in [0, 0.1) is 28.6 Å². The molecule has 5 atom stereocenters.